The third-order valence-corrected chi connectivity index (χ3v) is 7.51. The molecule has 2 fully saturated rings. The second kappa shape index (κ2) is 5.19. The van der Waals surface area contributed by atoms with Gasteiger partial charge in [0.25, 0.3) is 0 Å². The Balaban J connectivity index is 2.42. The number of carbonyl (C=O) groups excluding carboxylic acids is 1. The van der Waals surface area contributed by atoms with E-state index in [1.54, 1.807) is 0 Å². The summed E-state index contributed by atoms with van der Waals surface area (Å²) in [6.45, 7) is 15.9. The van der Waals surface area contributed by atoms with E-state index in [0.29, 0.717) is 18.1 Å². The van der Waals surface area contributed by atoms with E-state index < -0.39 is 13.9 Å². The quantitative estimate of drug-likeness (QED) is 0.632. The van der Waals surface area contributed by atoms with Crippen molar-refractivity contribution in [3.05, 3.63) is 0 Å². The van der Waals surface area contributed by atoms with Crippen molar-refractivity contribution in [1.82, 2.24) is 0 Å². The van der Waals surface area contributed by atoms with Crippen LogP contribution in [-0.2, 0) is 9.22 Å². The van der Waals surface area contributed by atoms with Gasteiger partial charge in [-0.25, -0.2) is 0 Å². The van der Waals surface area contributed by atoms with Gasteiger partial charge in [0, 0.05) is 11.8 Å². The van der Waals surface area contributed by atoms with Gasteiger partial charge in [-0.05, 0) is 56.7 Å². The molecule has 0 aromatic heterocycles. The Morgan fingerprint density at radius 3 is 2.24 bits per heavy atom. The molecular formula is C18H34O2Si. The molecule has 0 aliphatic heterocycles. The van der Waals surface area contributed by atoms with Crippen molar-refractivity contribution in [2.24, 2.45) is 16.7 Å². The predicted molar refractivity (Wildman–Crippen MR) is 90.9 cm³/mol. The van der Waals surface area contributed by atoms with Crippen LogP contribution < -0.4 is 0 Å². The van der Waals surface area contributed by atoms with Crippen molar-refractivity contribution in [2.45, 2.75) is 91.5 Å². The monoisotopic (exact) mass is 310 g/mol. The Morgan fingerprint density at radius 1 is 1.24 bits per heavy atom. The fourth-order valence-corrected chi connectivity index (χ4v) is 6.41. The number of hydrogen-bond donors (Lipinski definition) is 0. The van der Waals surface area contributed by atoms with Crippen LogP contribution in [0.15, 0.2) is 0 Å². The standard InChI is InChI=1S/C18H34O2Si/c1-8-9-10-15(19)18(20-21(5,6)7)13-14-11-12-17(18,4)16(14,2)3/h14H,8-13H2,1-7H3/t14-,17-,18+/m1/s1. The first-order chi connectivity index (χ1) is 9.50. The average Bonchev–Trinajstić information content (AvgIpc) is 2.66. The van der Waals surface area contributed by atoms with Gasteiger partial charge in [0.2, 0.25) is 0 Å². The fraction of sp³-hybridized carbons (Fsp3) is 0.944. The van der Waals surface area contributed by atoms with Gasteiger partial charge in [0.05, 0.1) is 0 Å². The summed E-state index contributed by atoms with van der Waals surface area (Å²) >= 11 is 0. The van der Waals surface area contributed by atoms with E-state index in [9.17, 15) is 4.79 Å². The molecule has 0 aromatic carbocycles. The number of Topliss-reactive ketones (excluding diaryl/α,β-unsaturated/α-hetero) is 1. The molecule has 2 nitrogen and oxygen atoms in total. The van der Waals surface area contributed by atoms with E-state index in [1.165, 1.54) is 6.42 Å². The van der Waals surface area contributed by atoms with Crippen molar-refractivity contribution < 1.29 is 9.22 Å². The zero-order valence-electron chi connectivity index (χ0n) is 15.1. The lowest BCUT2D eigenvalue weighted by Gasteiger charge is -2.50. The molecule has 2 saturated carbocycles. The first kappa shape index (κ1) is 17.2. The molecule has 2 bridgehead atoms. The van der Waals surface area contributed by atoms with Gasteiger partial charge >= 0.3 is 0 Å². The first-order valence-corrected chi connectivity index (χ1v) is 12.1. The summed E-state index contributed by atoms with van der Waals surface area (Å²) in [4.78, 5) is 13.2. The molecule has 2 aliphatic carbocycles. The summed E-state index contributed by atoms with van der Waals surface area (Å²) in [5.74, 6) is 1.04. The Morgan fingerprint density at radius 2 is 1.86 bits per heavy atom. The maximum Gasteiger partial charge on any atom is 0.185 e. The largest absolute Gasteiger partial charge is 0.405 e. The first-order valence-electron chi connectivity index (χ1n) is 8.74. The number of hydrogen-bond acceptors (Lipinski definition) is 2. The van der Waals surface area contributed by atoms with Gasteiger partial charge in [-0.3, -0.25) is 4.79 Å². The molecule has 3 atom stereocenters. The van der Waals surface area contributed by atoms with E-state index in [1.807, 2.05) is 0 Å². The molecular weight excluding hydrogens is 276 g/mol. The summed E-state index contributed by atoms with van der Waals surface area (Å²) in [6.07, 6.45) is 6.15. The van der Waals surface area contributed by atoms with Crippen molar-refractivity contribution in [2.75, 3.05) is 0 Å². The normalized spacial score (nSPS) is 38.0. The summed E-state index contributed by atoms with van der Waals surface area (Å²) in [7, 11) is -1.76. The molecule has 3 heteroatoms. The fourth-order valence-electron chi connectivity index (χ4n) is 4.94. The Hall–Kier alpha value is -0.153. The van der Waals surface area contributed by atoms with Crippen molar-refractivity contribution in [3.8, 4) is 0 Å². The molecule has 0 heterocycles. The average molecular weight is 311 g/mol. The van der Waals surface area contributed by atoms with E-state index in [0.717, 1.165) is 25.7 Å². The third kappa shape index (κ3) is 2.45. The van der Waals surface area contributed by atoms with Gasteiger partial charge in [0.15, 0.2) is 14.1 Å². The van der Waals surface area contributed by atoms with Gasteiger partial charge in [-0.15, -0.1) is 0 Å². The molecule has 0 spiro atoms. The van der Waals surface area contributed by atoms with Crippen LogP contribution in [0.1, 0.15) is 66.2 Å². The minimum atomic E-state index is -1.76. The molecule has 0 N–H and O–H groups in total. The second-order valence-corrected chi connectivity index (χ2v) is 13.5. The SMILES string of the molecule is CCCCC(=O)[C@@]1(O[Si](C)(C)C)C[C@H]2CC[C@]1(C)C2(C)C. The van der Waals surface area contributed by atoms with E-state index in [-0.39, 0.29) is 10.8 Å². The summed E-state index contributed by atoms with van der Waals surface area (Å²) in [6, 6.07) is 0. The van der Waals surface area contributed by atoms with E-state index >= 15 is 0 Å². The van der Waals surface area contributed by atoms with Crippen LogP contribution in [0, 0.1) is 16.7 Å². The van der Waals surface area contributed by atoms with Crippen molar-refractivity contribution in [1.29, 1.82) is 0 Å². The second-order valence-electron chi connectivity index (χ2n) is 9.06. The summed E-state index contributed by atoms with van der Waals surface area (Å²) in [5.41, 5.74) is -0.274. The maximum absolute atomic E-state index is 13.2. The van der Waals surface area contributed by atoms with E-state index in [2.05, 4.69) is 47.3 Å². The Bertz CT molecular complexity index is 423. The number of rotatable bonds is 6. The van der Waals surface area contributed by atoms with Crippen LogP contribution in [0.2, 0.25) is 19.6 Å². The highest BCUT2D eigenvalue weighted by Gasteiger charge is 2.72. The molecule has 0 amide bonds. The minimum Gasteiger partial charge on any atom is -0.405 e. The Kier molecular flexibility index (Phi) is 4.25. The van der Waals surface area contributed by atoms with Crippen molar-refractivity contribution >= 4 is 14.1 Å². The predicted octanol–water partition coefficient (Wildman–Crippen LogP) is 5.18. The van der Waals surface area contributed by atoms with Gasteiger partial charge < -0.3 is 4.43 Å². The zero-order valence-corrected chi connectivity index (χ0v) is 16.1. The third-order valence-electron chi connectivity index (χ3n) is 6.55. The topological polar surface area (TPSA) is 26.3 Å². The summed E-state index contributed by atoms with van der Waals surface area (Å²) in [5, 5.41) is 0. The van der Waals surface area contributed by atoms with Crippen LogP contribution in [-0.4, -0.2) is 19.7 Å². The lowest BCUT2D eigenvalue weighted by atomic mass is 9.62. The van der Waals surface area contributed by atoms with E-state index in [4.69, 9.17) is 4.43 Å². The molecule has 122 valence electrons. The smallest absolute Gasteiger partial charge is 0.185 e. The number of fused-ring (bicyclic) bond motifs is 2. The highest BCUT2D eigenvalue weighted by atomic mass is 28.4. The van der Waals surface area contributed by atoms with Gasteiger partial charge in [0.1, 0.15) is 5.60 Å². The molecule has 0 saturated heterocycles. The summed E-state index contributed by atoms with van der Waals surface area (Å²) < 4.78 is 6.71. The molecule has 0 aromatic rings. The highest BCUT2D eigenvalue weighted by Crippen LogP contribution is 2.71. The lowest BCUT2D eigenvalue weighted by molar-refractivity contribution is -0.151. The van der Waals surface area contributed by atoms with Gasteiger partial charge in [-0.1, -0.05) is 34.1 Å². The minimum absolute atomic E-state index is 0.00969. The van der Waals surface area contributed by atoms with Crippen LogP contribution in [0.5, 0.6) is 0 Å². The number of ketones is 1. The highest BCUT2D eigenvalue weighted by molar-refractivity contribution is 6.70. The molecule has 0 unspecified atom stereocenters. The molecule has 21 heavy (non-hydrogen) atoms. The zero-order chi connectivity index (χ0) is 16.1. The van der Waals surface area contributed by atoms with Crippen LogP contribution >= 0.6 is 0 Å². The van der Waals surface area contributed by atoms with Crippen LogP contribution in [0.4, 0.5) is 0 Å². The molecule has 2 rings (SSSR count). The van der Waals surface area contributed by atoms with Crippen LogP contribution in [0.25, 0.3) is 0 Å². The van der Waals surface area contributed by atoms with Crippen molar-refractivity contribution in [3.63, 3.8) is 0 Å². The Labute approximate surface area is 132 Å². The van der Waals surface area contributed by atoms with Gasteiger partial charge in [-0.2, -0.15) is 0 Å². The lowest BCUT2D eigenvalue weighted by Crippen LogP contribution is -2.58. The molecule has 2 aliphatic rings. The number of unbranched alkanes of at least 4 members (excludes halogenated alkanes) is 1. The number of carbonyl (C=O) groups is 1. The maximum atomic E-state index is 13.2. The van der Waals surface area contributed by atoms with Crippen LogP contribution in [0.3, 0.4) is 0 Å². The molecule has 0 radical (unpaired) electrons.